The Bertz CT molecular complexity index is 725. The molecule has 0 spiro atoms. The highest BCUT2D eigenvalue weighted by Gasteiger charge is 2.21. The lowest BCUT2D eigenvalue weighted by Gasteiger charge is -2.12. The number of hydrogen-bond donors (Lipinski definition) is 1. The summed E-state index contributed by atoms with van der Waals surface area (Å²) in [6.45, 7) is 0.329. The summed E-state index contributed by atoms with van der Waals surface area (Å²) < 4.78 is 12.3. The van der Waals surface area contributed by atoms with Crippen molar-refractivity contribution in [1.82, 2.24) is 25.5 Å². The SMILES string of the molecule is COc1ccc(CC(=O)NCc2nnnn2C2CCCC2)cc1OC. The first-order chi connectivity index (χ1) is 12.2. The lowest BCUT2D eigenvalue weighted by Crippen LogP contribution is -2.27. The Labute approximate surface area is 146 Å². The van der Waals surface area contributed by atoms with Crippen LogP contribution in [0.4, 0.5) is 0 Å². The maximum Gasteiger partial charge on any atom is 0.224 e. The Morgan fingerprint density at radius 1 is 1.24 bits per heavy atom. The molecule has 0 unspecified atom stereocenters. The van der Waals surface area contributed by atoms with Crippen molar-refractivity contribution in [1.29, 1.82) is 0 Å². The third-order valence-electron chi connectivity index (χ3n) is 4.49. The number of aromatic nitrogens is 4. The highest BCUT2D eigenvalue weighted by Crippen LogP contribution is 2.29. The molecule has 0 saturated heterocycles. The van der Waals surface area contributed by atoms with Crippen LogP contribution in [0.5, 0.6) is 11.5 Å². The number of amides is 1. The molecule has 1 aromatic carbocycles. The first-order valence-corrected chi connectivity index (χ1v) is 8.45. The van der Waals surface area contributed by atoms with Gasteiger partial charge in [-0.2, -0.15) is 0 Å². The van der Waals surface area contributed by atoms with Crippen molar-refractivity contribution in [3.05, 3.63) is 29.6 Å². The van der Waals surface area contributed by atoms with E-state index in [1.165, 1.54) is 12.8 Å². The van der Waals surface area contributed by atoms with E-state index in [2.05, 4.69) is 20.8 Å². The fourth-order valence-corrected chi connectivity index (χ4v) is 3.18. The third-order valence-corrected chi connectivity index (χ3v) is 4.49. The fourth-order valence-electron chi connectivity index (χ4n) is 3.18. The normalized spacial score (nSPS) is 14.5. The van der Waals surface area contributed by atoms with Crippen molar-refractivity contribution in [3.63, 3.8) is 0 Å². The molecule has 1 heterocycles. The standard InChI is InChI=1S/C17H23N5O3/c1-24-14-8-7-12(9-15(14)25-2)10-17(23)18-11-16-19-20-21-22(16)13-5-3-4-6-13/h7-9,13H,3-6,10-11H2,1-2H3,(H,18,23). The van der Waals surface area contributed by atoms with Gasteiger partial charge in [0.25, 0.3) is 0 Å². The second-order valence-electron chi connectivity index (χ2n) is 6.12. The number of tetrazole rings is 1. The zero-order valence-corrected chi connectivity index (χ0v) is 14.6. The van der Waals surface area contributed by atoms with Crippen molar-refractivity contribution in [3.8, 4) is 11.5 Å². The monoisotopic (exact) mass is 345 g/mol. The number of carbonyl (C=O) groups is 1. The summed E-state index contributed by atoms with van der Waals surface area (Å²) in [5.74, 6) is 1.86. The summed E-state index contributed by atoms with van der Waals surface area (Å²) in [7, 11) is 3.16. The Hall–Kier alpha value is -2.64. The minimum atomic E-state index is -0.0896. The highest BCUT2D eigenvalue weighted by atomic mass is 16.5. The van der Waals surface area contributed by atoms with E-state index >= 15 is 0 Å². The van der Waals surface area contributed by atoms with E-state index in [0.29, 0.717) is 29.9 Å². The second kappa shape index (κ2) is 7.96. The molecular weight excluding hydrogens is 322 g/mol. The molecule has 1 fully saturated rings. The fraction of sp³-hybridized carbons (Fsp3) is 0.529. The number of ether oxygens (including phenoxy) is 2. The molecule has 134 valence electrons. The highest BCUT2D eigenvalue weighted by molar-refractivity contribution is 5.78. The van der Waals surface area contributed by atoms with E-state index in [9.17, 15) is 4.79 Å². The number of methoxy groups -OCH3 is 2. The summed E-state index contributed by atoms with van der Waals surface area (Å²) in [5.41, 5.74) is 0.852. The van der Waals surface area contributed by atoms with Gasteiger partial charge in [-0.05, 0) is 41.0 Å². The molecule has 2 aromatic rings. The van der Waals surface area contributed by atoms with E-state index in [1.54, 1.807) is 26.4 Å². The van der Waals surface area contributed by atoms with Crippen LogP contribution in [0.3, 0.4) is 0 Å². The lowest BCUT2D eigenvalue weighted by molar-refractivity contribution is -0.120. The van der Waals surface area contributed by atoms with Gasteiger partial charge in [-0.3, -0.25) is 4.79 Å². The molecule has 25 heavy (non-hydrogen) atoms. The van der Waals surface area contributed by atoms with E-state index in [1.807, 2.05) is 10.7 Å². The van der Waals surface area contributed by atoms with Crippen LogP contribution in [0.25, 0.3) is 0 Å². The first kappa shape index (κ1) is 17.2. The molecule has 1 saturated carbocycles. The first-order valence-electron chi connectivity index (χ1n) is 8.45. The topological polar surface area (TPSA) is 91.2 Å². The van der Waals surface area contributed by atoms with Crippen molar-refractivity contribution in [2.75, 3.05) is 14.2 Å². The zero-order valence-electron chi connectivity index (χ0n) is 14.6. The van der Waals surface area contributed by atoms with Gasteiger partial charge in [-0.25, -0.2) is 4.68 Å². The van der Waals surface area contributed by atoms with E-state index in [4.69, 9.17) is 9.47 Å². The lowest BCUT2D eigenvalue weighted by atomic mass is 10.1. The average molecular weight is 345 g/mol. The Balaban J connectivity index is 1.58. The maximum atomic E-state index is 12.2. The largest absolute Gasteiger partial charge is 0.493 e. The van der Waals surface area contributed by atoms with Crippen LogP contribution >= 0.6 is 0 Å². The van der Waals surface area contributed by atoms with E-state index in [0.717, 1.165) is 18.4 Å². The minimum Gasteiger partial charge on any atom is -0.493 e. The van der Waals surface area contributed by atoms with Crippen molar-refractivity contribution in [2.45, 2.75) is 44.7 Å². The van der Waals surface area contributed by atoms with Gasteiger partial charge in [0, 0.05) is 0 Å². The number of rotatable bonds is 7. The van der Waals surface area contributed by atoms with Gasteiger partial charge in [0.1, 0.15) is 0 Å². The molecule has 3 rings (SSSR count). The number of hydrogen-bond acceptors (Lipinski definition) is 6. The smallest absolute Gasteiger partial charge is 0.224 e. The quantitative estimate of drug-likeness (QED) is 0.821. The van der Waals surface area contributed by atoms with Crippen LogP contribution in [0.15, 0.2) is 18.2 Å². The van der Waals surface area contributed by atoms with Crippen LogP contribution in [0.2, 0.25) is 0 Å². The van der Waals surface area contributed by atoms with Crippen molar-refractivity contribution < 1.29 is 14.3 Å². The molecule has 0 aliphatic heterocycles. The number of nitrogens with one attached hydrogen (secondary N) is 1. The summed E-state index contributed by atoms with van der Waals surface area (Å²) in [5, 5.41) is 14.8. The van der Waals surface area contributed by atoms with E-state index in [-0.39, 0.29) is 12.3 Å². The van der Waals surface area contributed by atoms with Gasteiger partial charge >= 0.3 is 0 Å². The summed E-state index contributed by atoms with van der Waals surface area (Å²) in [4.78, 5) is 12.2. The van der Waals surface area contributed by atoms with Crippen LogP contribution in [0.1, 0.15) is 43.1 Å². The van der Waals surface area contributed by atoms with Gasteiger partial charge in [0.2, 0.25) is 5.91 Å². The van der Waals surface area contributed by atoms with Gasteiger partial charge in [-0.1, -0.05) is 18.9 Å². The second-order valence-corrected chi connectivity index (χ2v) is 6.12. The predicted molar refractivity (Wildman–Crippen MR) is 90.4 cm³/mol. The van der Waals surface area contributed by atoms with Crippen molar-refractivity contribution in [2.24, 2.45) is 0 Å². The average Bonchev–Trinajstić information content (AvgIpc) is 3.30. The number of benzene rings is 1. The number of carbonyl (C=O) groups excluding carboxylic acids is 1. The zero-order chi connectivity index (χ0) is 17.6. The van der Waals surface area contributed by atoms with Gasteiger partial charge in [0.15, 0.2) is 17.3 Å². The molecule has 8 nitrogen and oxygen atoms in total. The molecule has 0 bridgehead atoms. The van der Waals surface area contributed by atoms with Crippen LogP contribution in [0, 0.1) is 0 Å². The Kier molecular flexibility index (Phi) is 5.47. The molecule has 0 atom stereocenters. The van der Waals surface area contributed by atoms with Crippen LogP contribution < -0.4 is 14.8 Å². The molecule has 1 N–H and O–H groups in total. The Morgan fingerprint density at radius 2 is 2.00 bits per heavy atom. The van der Waals surface area contributed by atoms with Crippen molar-refractivity contribution >= 4 is 5.91 Å². The van der Waals surface area contributed by atoms with E-state index < -0.39 is 0 Å². The van der Waals surface area contributed by atoms with Crippen LogP contribution in [-0.4, -0.2) is 40.3 Å². The molecule has 1 amide bonds. The van der Waals surface area contributed by atoms with Gasteiger partial charge in [0.05, 0.1) is 33.2 Å². The number of nitrogens with zero attached hydrogens (tertiary/aromatic N) is 4. The summed E-state index contributed by atoms with van der Waals surface area (Å²) >= 11 is 0. The predicted octanol–water partition coefficient (Wildman–Crippen LogP) is 1.66. The molecule has 1 aromatic heterocycles. The Morgan fingerprint density at radius 3 is 2.72 bits per heavy atom. The summed E-state index contributed by atoms with van der Waals surface area (Å²) in [6, 6.07) is 5.81. The molecular formula is C17H23N5O3. The van der Waals surface area contributed by atoms with Crippen LogP contribution in [-0.2, 0) is 17.8 Å². The molecule has 0 radical (unpaired) electrons. The molecule has 1 aliphatic rings. The summed E-state index contributed by atoms with van der Waals surface area (Å²) in [6.07, 6.45) is 4.85. The minimum absolute atomic E-state index is 0.0896. The van der Waals surface area contributed by atoms with Gasteiger partial charge < -0.3 is 14.8 Å². The third kappa shape index (κ3) is 4.07. The molecule has 1 aliphatic carbocycles. The molecule has 8 heteroatoms. The van der Waals surface area contributed by atoms with Gasteiger partial charge in [-0.15, -0.1) is 5.10 Å². The maximum absolute atomic E-state index is 12.2.